The lowest BCUT2D eigenvalue weighted by Crippen LogP contribution is -2.36. The van der Waals surface area contributed by atoms with E-state index < -0.39 is 22.9 Å². The average Bonchev–Trinajstić information content (AvgIpc) is 3.28. The molecule has 0 amide bonds. The molecule has 0 radical (unpaired) electrons. The lowest BCUT2D eigenvalue weighted by molar-refractivity contribution is -0.202. The number of carbonyl (C=O) groups excluding carboxylic acids is 2. The van der Waals surface area contributed by atoms with E-state index in [0.717, 1.165) is 43.3 Å². The number of halogens is 3. The van der Waals surface area contributed by atoms with E-state index in [9.17, 15) is 28.0 Å². The predicted molar refractivity (Wildman–Crippen MR) is 137 cm³/mol. The second-order valence-corrected chi connectivity index (χ2v) is 11.6. The number of rotatable bonds is 14. The van der Waals surface area contributed by atoms with Crippen molar-refractivity contribution >= 4 is 40.9 Å². The zero-order chi connectivity index (χ0) is 27.5. The first kappa shape index (κ1) is 30.6. The van der Waals surface area contributed by atoms with Crippen LogP contribution in [0.3, 0.4) is 0 Å². The Bertz CT molecular complexity index is 1080. The molecule has 12 heteroatoms. The number of pyridine rings is 1. The maximum atomic E-state index is 12.4. The molecule has 0 aliphatic carbocycles. The van der Waals surface area contributed by atoms with E-state index in [0.29, 0.717) is 28.7 Å². The molecule has 2 aromatic rings. The number of esters is 2. The Kier molecular flexibility index (Phi) is 11.8. The number of thiazole rings is 1. The molecular formula is C25H31F3N4O3S2. The molecule has 0 fully saturated rings. The number of ether oxygens (including phenoxy) is 1. The Balaban J connectivity index is 1.96. The summed E-state index contributed by atoms with van der Waals surface area (Å²) in [5.74, 6) is -3.15. The zero-order valence-electron chi connectivity index (χ0n) is 21.1. The van der Waals surface area contributed by atoms with Crippen LogP contribution in [0, 0.1) is 11.3 Å². The minimum atomic E-state index is -5.24. The fraction of sp³-hybridized carbons (Fsp3) is 0.560. The van der Waals surface area contributed by atoms with Gasteiger partial charge in [-0.15, -0.1) is 11.3 Å². The first-order valence-electron chi connectivity index (χ1n) is 12.0. The molecule has 7 nitrogen and oxygen atoms in total. The molecule has 0 bridgehead atoms. The van der Waals surface area contributed by atoms with E-state index in [1.807, 2.05) is 5.38 Å². The first-order valence-corrected chi connectivity index (χ1v) is 13.7. The second kappa shape index (κ2) is 14.3. The standard InChI is InChI=1S/C25H31F3N4O3S2/c1-4-5-6-7-8-14-32(20-18(16-29)11-9-13-30-20)15-10-12-19-17-36-23(31-19)37-24(2,3)21(33)35-22(34)25(26,27)28/h9,11,13,17H,4-8,10,12,14-15H2,1-3H3. The Morgan fingerprint density at radius 1 is 1.14 bits per heavy atom. The molecule has 0 unspecified atom stereocenters. The van der Waals surface area contributed by atoms with E-state index in [4.69, 9.17) is 0 Å². The molecule has 2 rings (SSSR count). The highest BCUT2D eigenvalue weighted by Crippen LogP contribution is 2.36. The molecule has 202 valence electrons. The van der Waals surface area contributed by atoms with Crippen LogP contribution in [0.25, 0.3) is 0 Å². The van der Waals surface area contributed by atoms with Gasteiger partial charge in [-0.25, -0.2) is 14.8 Å². The Labute approximate surface area is 223 Å². The number of thioether (sulfide) groups is 1. The van der Waals surface area contributed by atoms with Crippen LogP contribution in [0.1, 0.15) is 70.6 Å². The monoisotopic (exact) mass is 556 g/mol. The number of anilines is 1. The number of carbonyl (C=O) groups is 2. The molecule has 37 heavy (non-hydrogen) atoms. The van der Waals surface area contributed by atoms with Gasteiger partial charge in [0.1, 0.15) is 16.6 Å². The molecule has 2 aromatic heterocycles. The highest BCUT2D eigenvalue weighted by atomic mass is 32.2. The summed E-state index contributed by atoms with van der Waals surface area (Å²) < 4.78 is 40.3. The van der Waals surface area contributed by atoms with Crippen LogP contribution in [-0.4, -0.2) is 45.9 Å². The third-order valence-electron chi connectivity index (χ3n) is 5.38. The number of hydrogen-bond acceptors (Lipinski definition) is 9. The van der Waals surface area contributed by atoms with Crippen molar-refractivity contribution in [1.29, 1.82) is 5.26 Å². The third-order valence-corrected chi connectivity index (χ3v) is 7.55. The highest BCUT2D eigenvalue weighted by molar-refractivity contribution is 8.03. The van der Waals surface area contributed by atoms with Crippen LogP contribution in [-0.2, 0) is 20.7 Å². The summed E-state index contributed by atoms with van der Waals surface area (Å²) in [6.45, 7) is 6.40. The smallest absolute Gasteiger partial charge is 0.385 e. The van der Waals surface area contributed by atoms with Crippen LogP contribution in [0.5, 0.6) is 0 Å². The summed E-state index contributed by atoms with van der Waals surface area (Å²) in [5.41, 5.74) is 1.31. The van der Waals surface area contributed by atoms with Crippen molar-refractivity contribution in [2.24, 2.45) is 0 Å². The van der Waals surface area contributed by atoms with Crippen molar-refractivity contribution < 1.29 is 27.5 Å². The number of hydrogen-bond donors (Lipinski definition) is 0. The number of nitrogens with zero attached hydrogens (tertiary/aromatic N) is 4. The van der Waals surface area contributed by atoms with Crippen molar-refractivity contribution in [3.8, 4) is 6.07 Å². The molecule has 0 aliphatic rings. The maximum absolute atomic E-state index is 12.4. The van der Waals surface area contributed by atoms with Gasteiger partial charge in [-0.05, 0) is 45.2 Å². The third kappa shape index (κ3) is 9.97. The van der Waals surface area contributed by atoms with Crippen LogP contribution < -0.4 is 4.90 Å². The molecular weight excluding hydrogens is 525 g/mol. The Morgan fingerprint density at radius 2 is 1.84 bits per heavy atom. The van der Waals surface area contributed by atoms with Crippen molar-refractivity contribution in [2.45, 2.75) is 81.0 Å². The number of aromatic nitrogens is 2. The fourth-order valence-corrected chi connectivity index (χ4v) is 5.66. The number of unbranched alkanes of at least 4 members (excludes halogenated alkanes) is 4. The maximum Gasteiger partial charge on any atom is 0.491 e. The summed E-state index contributed by atoms with van der Waals surface area (Å²) in [4.78, 5) is 34.1. The molecule has 0 aromatic carbocycles. The van der Waals surface area contributed by atoms with Gasteiger partial charge in [0.15, 0.2) is 4.34 Å². The SMILES string of the molecule is CCCCCCCN(CCCc1csc(SC(C)(C)C(=O)OC(=O)C(F)(F)F)n1)c1ncccc1C#N. The molecule has 0 saturated carbocycles. The lowest BCUT2D eigenvalue weighted by Gasteiger charge is -2.24. The van der Waals surface area contributed by atoms with Crippen molar-refractivity contribution in [1.82, 2.24) is 9.97 Å². The van der Waals surface area contributed by atoms with Crippen LogP contribution in [0.4, 0.5) is 19.0 Å². The summed E-state index contributed by atoms with van der Waals surface area (Å²) in [6.07, 6.45) is 3.47. The minimum Gasteiger partial charge on any atom is -0.385 e. The van der Waals surface area contributed by atoms with Gasteiger partial charge in [-0.3, -0.25) is 4.79 Å². The number of aryl methyl sites for hydroxylation is 1. The van der Waals surface area contributed by atoms with Crippen LogP contribution >= 0.6 is 23.1 Å². The van der Waals surface area contributed by atoms with Gasteiger partial charge < -0.3 is 9.64 Å². The second-order valence-electron chi connectivity index (χ2n) is 8.88. The number of alkyl halides is 3. The lowest BCUT2D eigenvalue weighted by atomic mass is 10.1. The summed E-state index contributed by atoms with van der Waals surface area (Å²) in [5, 5.41) is 11.3. The topological polar surface area (TPSA) is 96.2 Å². The summed E-state index contributed by atoms with van der Waals surface area (Å²) >= 11 is 2.21. The zero-order valence-corrected chi connectivity index (χ0v) is 22.8. The average molecular weight is 557 g/mol. The molecule has 0 aliphatic heterocycles. The van der Waals surface area contributed by atoms with Gasteiger partial charge >= 0.3 is 18.1 Å². The highest BCUT2D eigenvalue weighted by Gasteiger charge is 2.45. The first-order chi connectivity index (χ1) is 17.5. The molecule has 0 atom stereocenters. The van der Waals surface area contributed by atoms with E-state index >= 15 is 0 Å². The molecule has 0 saturated heterocycles. The summed E-state index contributed by atoms with van der Waals surface area (Å²) in [7, 11) is 0. The minimum absolute atomic E-state index is 0.487. The normalized spacial score (nSPS) is 11.7. The molecule has 0 N–H and O–H groups in total. The Morgan fingerprint density at radius 3 is 2.51 bits per heavy atom. The van der Waals surface area contributed by atoms with Crippen molar-refractivity contribution in [3.63, 3.8) is 0 Å². The van der Waals surface area contributed by atoms with Gasteiger partial charge in [0.2, 0.25) is 0 Å². The van der Waals surface area contributed by atoms with E-state index in [1.165, 1.54) is 44.4 Å². The fourth-order valence-electron chi connectivity index (χ4n) is 3.39. The quantitative estimate of drug-likeness (QED) is 0.115. The van der Waals surface area contributed by atoms with Crippen molar-refractivity contribution in [3.05, 3.63) is 35.0 Å². The Hall–Kier alpha value is -2.65. The van der Waals surface area contributed by atoms with Gasteiger partial charge in [-0.2, -0.15) is 18.4 Å². The number of nitriles is 1. The molecule has 0 spiro atoms. The van der Waals surface area contributed by atoms with Gasteiger partial charge in [0.25, 0.3) is 0 Å². The summed E-state index contributed by atoms with van der Waals surface area (Å²) in [6, 6.07) is 5.71. The van der Waals surface area contributed by atoms with E-state index in [1.54, 1.807) is 18.3 Å². The van der Waals surface area contributed by atoms with E-state index in [-0.39, 0.29) is 0 Å². The van der Waals surface area contributed by atoms with Gasteiger partial charge in [0.05, 0.1) is 11.3 Å². The molecule has 2 heterocycles. The predicted octanol–water partition coefficient (Wildman–Crippen LogP) is 6.32. The van der Waals surface area contributed by atoms with Crippen LogP contribution in [0.2, 0.25) is 0 Å². The van der Waals surface area contributed by atoms with E-state index in [2.05, 4.69) is 32.6 Å². The van der Waals surface area contributed by atoms with Crippen molar-refractivity contribution in [2.75, 3.05) is 18.0 Å². The largest absolute Gasteiger partial charge is 0.491 e. The van der Waals surface area contributed by atoms with Gasteiger partial charge in [0, 0.05) is 24.7 Å². The van der Waals surface area contributed by atoms with Crippen LogP contribution in [0.15, 0.2) is 28.0 Å². The van der Waals surface area contributed by atoms with Gasteiger partial charge in [-0.1, -0.05) is 44.4 Å².